The van der Waals surface area contributed by atoms with Crippen LogP contribution in [0.2, 0.25) is 5.02 Å². The Morgan fingerprint density at radius 1 is 1.55 bits per heavy atom. The molecule has 22 heavy (non-hydrogen) atoms. The normalized spacial score (nSPS) is 19.4. The molecule has 1 N–H and O–H groups in total. The number of hydrogen-bond acceptors (Lipinski definition) is 3. The first-order valence-corrected chi connectivity index (χ1v) is 8.03. The standard InChI is InChI=1S/C14H15ClF3NO2S/c1-8(21-7-14(16,17)18)13(20)19-11-4-5-22-12-3-2-9(15)6-10(11)12/h2-3,6,8,11H,4-5,7H2,1H3,(H,19,20)/t8-,11-/m0/s1. The Morgan fingerprint density at radius 3 is 2.95 bits per heavy atom. The summed E-state index contributed by atoms with van der Waals surface area (Å²) in [5, 5.41) is 3.29. The van der Waals surface area contributed by atoms with E-state index in [2.05, 4.69) is 10.1 Å². The molecule has 0 bridgehead atoms. The number of carbonyl (C=O) groups excluding carboxylic acids is 1. The maximum absolute atomic E-state index is 12.1. The van der Waals surface area contributed by atoms with Gasteiger partial charge < -0.3 is 10.1 Å². The molecule has 8 heteroatoms. The molecule has 0 aromatic heterocycles. The Balaban J connectivity index is 1.99. The number of nitrogens with one attached hydrogen (secondary N) is 1. The summed E-state index contributed by atoms with van der Waals surface area (Å²) < 4.78 is 40.9. The van der Waals surface area contributed by atoms with E-state index in [1.54, 1.807) is 23.9 Å². The average Bonchev–Trinajstić information content (AvgIpc) is 2.44. The van der Waals surface area contributed by atoms with Gasteiger partial charge in [-0.3, -0.25) is 4.79 Å². The molecule has 1 aliphatic rings. The Labute approximate surface area is 135 Å². The van der Waals surface area contributed by atoms with Crippen LogP contribution in [0.5, 0.6) is 0 Å². The summed E-state index contributed by atoms with van der Waals surface area (Å²) in [4.78, 5) is 13.0. The number of thioether (sulfide) groups is 1. The van der Waals surface area contributed by atoms with Crippen molar-refractivity contribution < 1.29 is 22.7 Å². The predicted molar refractivity (Wildman–Crippen MR) is 79.1 cm³/mol. The fourth-order valence-corrected chi connectivity index (χ4v) is 3.39. The Hall–Kier alpha value is -0.920. The lowest BCUT2D eigenvalue weighted by Gasteiger charge is -2.27. The van der Waals surface area contributed by atoms with Crippen molar-refractivity contribution in [2.24, 2.45) is 0 Å². The molecule has 1 aromatic carbocycles. The topological polar surface area (TPSA) is 38.3 Å². The molecule has 0 fully saturated rings. The summed E-state index contributed by atoms with van der Waals surface area (Å²) in [5.41, 5.74) is 0.889. The molecule has 0 aliphatic carbocycles. The third kappa shape index (κ3) is 4.79. The van der Waals surface area contributed by atoms with Crippen LogP contribution in [0.25, 0.3) is 0 Å². The summed E-state index contributed by atoms with van der Waals surface area (Å²) in [7, 11) is 0. The van der Waals surface area contributed by atoms with Gasteiger partial charge in [0.25, 0.3) is 0 Å². The number of alkyl halides is 3. The number of amides is 1. The van der Waals surface area contributed by atoms with E-state index in [1.807, 2.05) is 6.07 Å². The number of rotatable bonds is 4. The Morgan fingerprint density at radius 2 is 2.27 bits per heavy atom. The van der Waals surface area contributed by atoms with Crippen LogP contribution >= 0.6 is 23.4 Å². The Kier molecular flexibility index (Phi) is 5.63. The molecule has 1 amide bonds. The molecule has 1 aliphatic heterocycles. The van der Waals surface area contributed by atoms with Gasteiger partial charge in [0.15, 0.2) is 0 Å². The van der Waals surface area contributed by atoms with Crippen molar-refractivity contribution in [3.8, 4) is 0 Å². The van der Waals surface area contributed by atoms with Crippen LogP contribution in [0, 0.1) is 0 Å². The minimum absolute atomic E-state index is 0.264. The molecule has 0 radical (unpaired) electrons. The second-order valence-corrected chi connectivity index (χ2v) is 6.52. The van der Waals surface area contributed by atoms with Gasteiger partial charge in [-0.15, -0.1) is 11.8 Å². The van der Waals surface area contributed by atoms with Gasteiger partial charge >= 0.3 is 6.18 Å². The van der Waals surface area contributed by atoms with Gasteiger partial charge in [0.05, 0.1) is 6.04 Å². The van der Waals surface area contributed by atoms with Crippen LogP contribution < -0.4 is 5.32 Å². The second kappa shape index (κ2) is 7.10. The summed E-state index contributed by atoms with van der Waals surface area (Å²) >= 11 is 7.63. The van der Waals surface area contributed by atoms with Crippen LogP contribution in [0.1, 0.15) is 24.9 Å². The largest absolute Gasteiger partial charge is 0.411 e. The molecule has 1 aromatic rings. The van der Waals surface area contributed by atoms with E-state index in [9.17, 15) is 18.0 Å². The maximum Gasteiger partial charge on any atom is 0.411 e. The van der Waals surface area contributed by atoms with Crippen molar-refractivity contribution in [3.05, 3.63) is 28.8 Å². The van der Waals surface area contributed by atoms with Crippen molar-refractivity contribution in [1.29, 1.82) is 0 Å². The van der Waals surface area contributed by atoms with Crippen LogP contribution in [-0.4, -0.2) is 30.5 Å². The van der Waals surface area contributed by atoms with Gasteiger partial charge in [-0.2, -0.15) is 13.2 Å². The van der Waals surface area contributed by atoms with Crippen molar-refractivity contribution in [2.75, 3.05) is 12.4 Å². The first kappa shape index (κ1) is 17.4. The van der Waals surface area contributed by atoms with E-state index in [0.29, 0.717) is 11.4 Å². The van der Waals surface area contributed by atoms with Gasteiger partial charge in [-0.1, -0.05) is 11.6 Å². The molecular formula is C14H15ClF3NO2S. The molecule has 0 spiro atoms. The van der Waals surface area contributed by atoms with Crippen LogP contribution in [-0.2, 0) is 9.53 Å². The zero-order chi connectivity index (χ0) is 16.3. The third-order valence-electron chi connectivity index (χ3n) is 3.19. The monoisotopic (exact) mass is 353 g/mol. The zero-order valence-corrected chi connectivity index (χ0v) is 13.3. The number of halogens is 4. The number of hydrogen-bond donors (Lipinski definition) is 1. The first-order chi connectivity index (χ1) is 10.3. The highest BCUT2D eigenvalue weighted by atomic mass is 35.5. The number of fused-ring (bicyclic) bond motifs is 1. The average molecular weight is 354 g/mol. The van der Waals surface area contributed by atoms with Crippen LogP contribution in [0.15, 0.2) is 23.1 Å². The van der Waals surface area contributed by atoms with Gasteiger partial charge in [-0.05, 0) is 37.1 Å². The molecule has 122 valence electrons. The van der Waals surface area contributed by atoms with Crippen molar-refractivity contribution >= 4 is 29.3 Å². The van der Waals surface area contributed by atoms with E-state index < -0.39 is 24.8 Å². The predicted octanol–water partition coefficient (Wildman–Crippen LogP) is 3.96. The van der Waals surface area contributed by atoms with E-state index in [1.165, 1.54) is 6.92 Å². The number of ether oxygens (including phenoxy) is 1. The van der Waals surface area contributed by atoms with E-state index in [4.69, 9.17) is 11.6 Å². The molecule has 0 saturated heterocycles. The summed E-state index contributed by atoms with van der Waals surface area (Å²) in [6.45, 7) is -0.137. The molecule has 0 unspecified atom stereocenters. The second-order valence-electron chi connectivity index (χ2n) is 4.95. The van der Waals surface area contributed by atoms with E-state index >= 15 is 0 Å². The highest BCUT2D eigenvalue weighted by Crippen LogP contribution is 2.37. The van der Waals surface area contributed by atoms with Gasteiger partial charge in [0.1, 0.15) is 12.7 Å². The number of benzene rings is 1. The summed E-state index contributed by atoms with van der Waals surface area (Å²) in [6.07, 6.45) is -4.93. The van der Waals surface area contributed by atoms with Crippen molar-refractivity contribution in [1.82, 2.24) is 5.32 Å². The van der Waals surface area contributed by atoms with E-state index in [0.717, 1.165) is 16.2 Å². The third-order valence-corrected chi connectivity index (χ3v) is 4.55. The smallest absolute Gasteiger partial charge is 0.359 e. The first-order valence-electron chi connectivity index (χ1n) is 6.67. The van der Waals surface area contributed by atoms with Crippen molar-refractivity contribution in [2.45, 2.75) is 36.6 Å². The van der Waals surface area contributed by atoms with Crippen LogP contribution in [0.4, 0.5) is 13.2 Å². The minimum Gasteiger partial charge on any atom is -0.359 e. The molecule has 1 heterocycles. The van der Waals surface area contributed by atoms with Gasteiger partial charge in [0.2, 0.25) is 5.91 Å². The SMILES string of the molecule is C[C@H](OCC(F)(F)F)C(=O)N[C@H]1CCSc2ccc(Cl)cc21. The summed E-state index contributed by atoms with van der Waals surface area (Å²) in [6, 6.07) is 5.16. The fraction of sp³-hybridized carbons (Fsp3) is 0.500. The van der Waals surface area contributed by atoms with Crippen molar-refractivity contribution in [3.63, 3.8) is 0 Å². The van der Waals surface area contributed by atoms with Crippen LogP contribution in [0.3, 0.4) is 0 Å². The number of carbonyl (C=O) groups is 1. The molecule has 2 rings (SSSR count). The highest BCUT2D eigenvalue weighted by Gasteiger charge is 2.31. The molecular weight excluding hydrogens is 339 g/mol. The lowest BCUT2D eigenvalue weighted by molar-refractivity contribution is -0.185. The quantitative estimate of drug-likeness (QED) is 0.890. The zero-order valence-electron chi connectivity index (χ0n) is 11.7. The molecule has 2 atom stereocenters. The van der Waals surface area contributed by atoms with Gasteiger partial charge in [-0.25, -0.2) is 0 Å². The van der Waals surface area contributed by atoms with E-state index in [-0.39, 0.29) is 6.04 Å². The lowest BCUT2D eigenvalue weighted by atomic mass is 10.0. The molecule has 3 nitrogen and oxygen atoms in total. The Bertz CT molecular complexity index is 553. The highest BCUT2D eigenvalue weighted by molar-refractivity contribution is 7.99. The molecule has 0 saturated carbocycles. The fourth-order valence-electron chi connectivity index (χ4n) is 2.10. The minimum atomic E-state index is -4.45. The lowest BCUT2D eigenvalue weighted by Crippen LogP contribution is -2.39. The maximum atomic E-state index is 12.1. The summed E-state index contributed by atoms with van der Waals surface area (Å²) in [5.74, 6) is 0.254. The van der Waals surface area contributed by atoms with Gasteiger partial charge in [0, 0.05) is 15.7 Å².